The molecule has 6 nitrogen and oxygen atoms in total. The highest BCUT2D eigenvalue weighted by molar-refractivity contribution is 7.89. The van der Waals surface area contributed by atoms with Gasteiger partial charge in [0.25, 0.3) is 0 Å². The molecule has 0 amide bonds. The highest BCUT2D eigenvalue weighted by atomic mass is 35.5. The minimum Gasteiger partial charge on any atom is -0.497 e. The fourth-order valence-corrected chi connectivity index (χ4v) is 4.19. The number of benzene rings is 1. The van der Waals surface area contributed by atoms with Crippen LogP contribution in [0.1, 0.15) is 13.3 Å². The van der Waals surface area contributed by atoms with Crippen molar-refractivity contribution in [3.05, 3.63) is 18.2 Å². The Balaban J connectivity index is 0.00000242. The van der Waals surface area contributed by atoms with E-state index in [-0.39, 0.29) is 29.3 Å². The minimum absolute atomic E-state index is 0. The summed E-state index contributed by atoms with van der Waals surface area (Å²) in [4.78, 5) is 0.132. The normalized spacial score (nSPS) is 22.7. The SMILES string of the molecule is COc1ccc(OC)c(S(=O)(=O)N2CCC(N)C(C)C2)c1.Cl. The molecule has 1 aromatic rings. The third-order valence-electron chi connectivity index (χ3n) is 3.92. The van der Waals surface area contributed by atoms with Gasteiger partial charge in [0, 0.05) is 25.2 Å². The molecule has 0 bridgehead atoms. The molecule has 2 rings (SSSR count). The Labute approximate surface area is 138 Å². The first-order valence-corrected chi connectivity index (χ1v) is 8.32. The highest BCUT2D eigenvalue weighted by Crippen LogP contribution is 2.32. The molecule has 0 aromatic heterocycles. The van der Waals surface area contributed by atoms with Crippen LogP contribution in [0, 0.1) is 5.92 Å². The average Bonchev–Trinajstić information content (AvgIpc) is 2.49. The number of rotatable bonds is 4. The summed E-state index contributed by atoms with van der Waals surface area (Å²) in [6, 6.07) is 4.81. The number of ether oxygens (including phenoxy) is 2. The molecule has 0 saturated carbocycles. The molecule has 2 atom stereocenters. The molecular formula is C14H23ClN2O4S. The van der Waals surface area contributed by atoms with Gasteiger partial charge in [-0.25, -0.2) is 8.42 Å². The van der Waals surface area contributed by atoms with Crippen LogP contribution in [0.4, 0.5) is 0 Å². The molecule has 2 unspecified atom stereocenters. The lowest BCUT2D eigenvalue weighted by atomic mass is 9.96. The smallest absolute Gasteiger partial charge is 0.246 e. The molecule has 1 aromatic carbocycles. The topological polar surface area (TPSA) is 81.9 Å². The van der Waals surface area contributed by atoms with Crippen molar-refractivity contribution in [1.29, 1.82) is 0 Å². The summed E-state index contributed by atoms with van der Waals surface area (Å²) in [5.74, 6) is 0.930. The van der Waals surface area contributed by atoms with Gasteiger partial charge in [0.15, 0.2) is 0 Å². The summed E-state index contributed by atoms with van der Waals surface area (Å²) in [6.07, 6.45) is 0.659. The van der Waals surface area contributed by atoms with Crippen LogP contribution >= 0.6 is 12.4 Å². The Morgan fingerprint density at radius 3 is 2.50 bits per heavy atom. The van der Waals surface area contributed by atoms with E-state index >= 15 is 0 Å². The second-order valence-corrected chi connectivity index (χ2v) is 7.22. The second-order valence-electron chi connectivity index (χ2n) is 5.31. The molecule has 2 N–H and O–H groups in total. The van der Waals surface area contributed by atoms with Crippen LogP contribution in [0.15, 0.2) is 23.1 Å². The zero-order chi connectivity index (χ0) is 15.6. The van der Waals surface area contributed by atoms with E-state index in [2.05, 4.69) is 0 Å². The van der Waals surface area contributed by atoms with Gasteiger partial charge in [-0.2, -0.15) is 4.31 Å². The van der Waals surface area contributed by atoms with Gasteiger partial charge in [0.2, 0.25) is 10.0 Å². The predicted octanol–water partition coefficient (Wildman–Crippen LogP) is 1.48. The van der Waals surface area contributed by atoms with Crippen LogP contribution in [0.2, 0.25) is 0 Å². The second kappa shape index (κ2) is 7.50. The van der Waals surface area contributed by atoms with Gasteiger partial charge in [-0.05, 0) is 24.5 Å². The minimum atomic E-state index is -3.62. The van der Waals surface area contributed by atoms with Gasteiger partial charge >= 0.3 is 0 Å². The number of halogens is 1. The Morgan fingerprint density at radius 1 is 1.27 bits per heavy atom. The van der Waals surface area contributed by atoms with E-state index in [0.29, 0.717) is 31.0 Å². The molecule has 1 fully saturated rings. The summed E-state index contributed by atoms with van der Waals surface area (Å²) in [6.45, 7) is 2.81. The number of nitrogens with two attached hydrogens (primary N) is 1. The third-order valence-corrected chi connectivity index (χ3v) is 5.81. The van der Waals surface area contributed by atoms with Gasteiger partial charge in [0.1, 0.15) is 16.4 Å². The fourth-order valence-electron chi connectivity index (χ4n) is 2.47. The van der Waals surface area contributed by atoms with Gasteiger partial charge in [-0.1, -0.05) is 6.92 Å². The monoisotopic (exact) mass is 350 g/mol. The number of piperidine rings is 1. The predicted molar refractivity (Wildman–Crippen MR) is 87.3 cm³/mol. The lowest BCUT2D eigenvalue weighted by Crippen LogP contribution is -2.48. The molecule has 0 spiro atoms. The van der Waals surface area contributed by atoms with Crippen molar-refractivity contribution in [2.45, 2.75) is 24.3 Å². The van der Waals surface area contributed by atoms with E-state index in [9.17, 15) is 8.42 Å². The van der Waals surface area contributed by atoms with Crippen molar-refractivity contribution in [3.8, 4) is 11.5 Å². The number of hydrogen-bond donors (Lipinski definition) is 1. The van der Waals surface area contributed by atoms with Crippen molar-refractivity contribution < 1.29 is 17.9 Å². The molecule has 126 valence electrons. The molecular weight excluding hydrogens is 328 g/mol. The maximum atomic E-state index is 12.8. The largest absolute Gasteiger partial charge is 0.497 e. The van der Waals surface area contributed by atoms with E-state index in [0.717, 1.165) is 0 Å². The number of methoxy groups -OCH3 is 2. The van der Waals surface area contributed by atoms with Crippen molar-refractivity contribution in [2.24, 2.45) is 11.7 Å². The van der Waals surface area contributed by atoms with Crippen LogP contribution < -0.4 is 15.2 Å². The zero-order valence-electron chi connectivity index (χ0n) is 13.0. The number of sulfonamides is 1. The Hall–Kier alpha value is -1.02. The number of nitrogens with zero attached hydrogens (tertiary/aromatic N) is 1. The van der Waals surface area contributed by atoms with E-state index in [1.165, 1.54) is 24.6 Å². The molecule has 1 saturated heterocycles. The molecule has 0 radical (unpaired) electrons. The summed E-state index contributed by atoms with van der Waals surface area (Å²) >= 11 is 0. The summed E-state index contributed by atoms with van der Waals surface area (Å²) < 4.78 is 37.4. The maximum absolute atomic E-state index is 12.8. The molecule has 1 heterocycles. The maximum Gasteiger partial charge on any atom is 0.246 e. The molecule has 1 aliphatic heterocycles. The first-order chi connectivity index (χ1) is 9.90. The Bertz CT molecular complexity index is 609. The van der Waals surface area contributed by atoms with Crippen LogP contribution in [0.5, 0.6) is 11.5 Å². The summed E-state index contributed by atoms with van der Waals surface area (Å²) in [5.41, 5.74) is 5.96. The third kappa shape index (κ3) is 3.65. The van der Waals surface area contributed by atoms with Crippen molar-refractivity contribution in [2.75, 3.05) is 27.3 Å². The van der Waals surface area contributed by atoms with E-state index in [1.54, 1.807) is 12.1 Å². The van der Waals surface area contributed by atoms with E-state index in [4.69, 9.17) is 15.2 Å². The molecule has 22 heavy (non-hydrogen) atoms. The van der Waals surface area contributed by atoms with Crippen LogP contribution in [0.3, 0.4) is 0 Å². The average molecular weight is 351 g/mol. The lowest BCUT2D eigenvalue weighted by Gasteiger charge is -2.34. The molecule has 8 heteroatoms. The van der Waals surface area contributed by atoms with Gasteiger partial charge in [-0.15, -0.1) is 12.4 Å². The summed E-state index contributed by atoms with van der Waals surface area (Å²) in [7, 11) is -0.667. The van der Waals surface area contributed by atoms with Crippen LogP contribution in [0.25, 0.3) is 0 Å². The van der Waals surface area contributed by atoms with Gasteiger partial charge in [-0.3, -0.25) is 0 Å². The first-order valence-electron chi connectivity index (χ1n) is 6.88. The van der Waals surface area contributed by atoms with Crippen molar-refractivity contribution in [1.82, 2.24) is 4.31 Å². The van der Waals surface area contributed by atoms with E-state index in [1.807, 2.05) is 6.92 Å². The van der Waals surface area contributed by atoms with Gasteiger partial charge < -0.3 is 15.2 Å². The zero-order valence-corrected chi connectivity index (χ0v) is 14.6. The quantitative estimate of drug-likeness (QED) is 0.889. The lowest BCUT2D eigenvalue weighted by molar-refractivity contribution is 0.249. The Kier molecular flexibility index (Phi) is 6.49. The standard InChI is InChI=1S/C14H22N2O4S.ClH/c1-10-9-16(7-6-12(10)15)21(17,18)14-8-11(19-2)4-5-13(14)20-3;/h4-5,8,10,12H,6-7,9,15H2,1-3H3;1H. The highest BCUT2D eigenvalue weighted by Gasteiger charge is 2.34. The van der Waals surface area contributed by atoms with Crippen molar-refractivity contribution in [3.63, 3.8) is 0 Å². The van der Waals surface area contributed by atoms with Crippen LogP contribution in [-0.2, 0) is 10.0 Å². The number of hydrogen-bond acceptors (Lipinski definition) is 5. The Morgan fingerprint density at radius 2 is 1.95 bits per heavy atom. The van der Waals surface area contributed by atoms with Crippen LogP contribution in [-0.4, -0.2) is 46.1 Å². The van der Waals surface area contributed by atoms with E-state index < -0.39 is 10.0 Å². The van der Waals surface area contributed by atoms with Gasteiger partial charge in [0.05, 0.1) is 14.2 Å². The molecule has 0 aliphatic carbocycles. The first kappa shape index (κ1) is 19.0. The summed E-state index contributed by atoms with van der Waals surface area (Å²) in [5, 5.41) is 0. The fraction of sp³-hybridized carbons (Fsp3) is 0.571. The van der Waals surface area contributed by atoms with Crippen molar-refractivity contribution >= 4 is 22.4 Å². The molecule has 1 aliphatic rings.